The lowest BCUT2D eigenvalue weighted by molar-refractivity contribution is -0.385. The highest BCUT2D eigenvalue weighted by Crippen LogP contribution is 2.34. The average molecular weight is 487 g/mol. The first-order valence-corrected chi connectivity index (χ1v) is 13.2. The second-order valence-electron chi connectivity index (χ2n) is 8.93. The molecule has 8 heteroatoms. The smallest absolute Gasteiger partial charge is 0.373 e. The third-order valence-corrected chi connectivity index (χ3v) is 6.07. The maximum atomic E-state index is 11.7. The highest BCUT2D eigenvalue weighted by molar-refractivity contribution is 5.61. The molecule has 0 spiro atoms. The SMILES string of the molecule is CCCCCCCCCCCCCCCCNc1ncnc(Oc2ccc(OC)cc2)c1[N+](=O)[O-]. The van der Waals surface area contributed by atoms with Crippen LogP contribution in [0.1, 0.15) is 96.8 Å². The van der Waals surface area contributed by atoms with E-state index in [0.29, 0.717) is 18.0 Å². The van der Waals surface area contributed by atoms with Crippen LogP contribution in [0.4, 0.5) is 11.5 Å². The monoisotopic (exact) mass is 486 g/mol. The topological polar surface area (TPSA) is 99.4 Å². The van der Waals surface area contributed by atoms with Crippen LogP contribution in [0.5, 0.6) is 17.4 Å². The Kier molecular flexibility index (Phi) is 14.2. The van der Waals surface area contributed by atoms with E-state index in [4.69, 9.17) is 9.47 Å². The second-order valence-corrected chi connectivity index (χ2v) is 8.93. The molecule has 0 aliphatic carbocycles. The number of rotatable bonds is 20. The van der Waals surface area contributed by atoms with Gasteiger partial charge in [0.25, 0.3) is 0 Å². The second kappa shape index (κ2) is 17.5. The fourth-order valence-corrected chi connectivity index (χ4v) is 4.01. The molecule has 1 N–H and O–H groups in total. The number of anilines is 1. The van der Waals surface area contributed by atoms with Crippen molar-refractivity contribution in [1.29, 1.82) is 0 Å². The summed E-state index contributed by atoms with van der Waals surface area (Å²) >= 11 is 0. The first-order chi connectivity index (χ1) is 17.2. The van der Waals surface area contributed by atoms with Crippen molar-refractivity contribution >= 4 is 11.5 Å². The van der Waals surface area contributed by atoms with Gasteiger partial charge >= 0.3 is 11.6 Å². The van der Waals surface area contributed by atoms with E-state index in [1.165, 1.54) is 83.4 Å². The van der Waals surface area contributed by atoms with Crippen LogP contribution in [-0.2, 0) is 0 Å². The maximum Gasteiger partial charge on any atom is 0.373 e. The molecular weight excluding hydrogens is 444 g/mol. The van der Waals surface area contributed by atoms with Crippen LogP contribution in [0.2, 0.25) is 0 Å². The standard InChI is InChI=1S/C27H42N4O4/c1-3-4-5-6-7-8-9-10-11-12-13-14-15-16-21-28-26-25(31(32)33)27(30-22-29-26)35-24-19-17-23(34-2)18-20-24/h17-20,22H,3-16,21H2,1-2H3,(H,28,29,30). The largest absolute Gasteiger partial charge is 0.497 e. The van der Waals surface area contributed by atoms with Crippen LogP contribution >= 0.6 is 0 Å². The van der Waals surface area contributed by atoms with Crippen LogP contribution < -0.4 is 14.8 Å². The number of aromatic nitrogens is 2. The Balaban J connectivity index is 1.63. The first-order valence-electron chi connectivity index (χ1n) is 13.2. The molecule has 0 atom stereocenters. The van der Waals surface area contributed by atoms with Crippen molar-refractivity contribution in [1.82, 2.24) is 9.97 Å². The van der Waals surface area contributed by atoms with Crippen LogP contribution in [0, 0.1) is 10.1 Å². The minimum atomic E-state index is -0.508. The van der Waals surface area contributed by atoms with Crippen molar-refractivity contribution in [3.05, 3.63) is 40.7 Å². The summed E-state index contributed by atoms with van der Waals surface area (Å²) in [5.74, 6) is 1.21. The molecule has 2 aromatic rings. The summed E-state index contributed by atoms with van der Waals surface area (Å²) in [7, 11) is 1.57. The van der Waals surface area contributed by atoms with E-state index in [1.54, 1.807) is 31.4 Å². The van der Waals surface area contributed by atoms with Crippen molar-refractivity contribution in [2.75, 3.05) is 19.0 Å². The van der Waals surface area contributed by atoms with Crippen LogP contribution in [0.15, 0.2) is 30.6 Å². The molecule has 0 fully saturated rings. The predicted octanol–water partition coefficient (Wildman–Crippen LogP) is 8.08. The van der Waals surface area contributed by atoms with Gasteiger partial charge in [0.15, 0.2) is 0 Å². The molecule has 2 rings (SSSR count). The van der Waals surface area contributed by atoms with Crippen molar-refractivity contribution in [3.63, 3.8) is 0 Å². The molecular formula is C27H42N4O4. The molecule has 0 unspecified atom stereocenters. The van der Waals surface area contributed by atoms with Crippen molar-refractivity contribution in [3.8, 4) is 17.4 Å². The number of methoxy groups -OCH3 is 1. The summed E-state index contributed by atoms with van der Waals surface area (Å²) in [5.41, 5.74) is -0.256. The molecule has 1 aromatic heterocycles. The number of nitro groups is 1. The van der Waals surface area contributed by atoms with Crippen molar-refractivity contribution in [2.45, 2.75) is 96.8 Å². The molecule has 35 heavy (non-hydrogen) atoms. The molecule has 0 amide bonds. The Morgan fingerprint density at radius 3 is 1.83 bits per heavy atom. The summed E-state index contributed by atoms with van der Waals surface area (Å²) in [5, 5.41) is 14.8. The Hall–Kier alpha value is -2.90. The molecule has 0 aliphatic rings. The average Bonchev–Trinajstić information content (AvgIpc) is 2.86. The number of benzene rings is 1. The Bertz CT molecular complexity index is 846. The third-order valence-electron chi connectivity index (χ3n) is 6.07. The first kappa shape index (κ1) is 28.3. The molecule has 1 heterocycles. The predicted molar refractivity (Wildman–Crippen MR) is 141 cm³/mol. The van der Waals surface area contributed by atoms with E-state index in [0.717, 1.165) is 12.8 Å². The number of hydrogen-bond donors (Lipinski definition) is 1. The van der Waals surface area contributed by atoms with E-state index in [-0.39, 0.29) is 17.4 Å². The number of nitrogens with zero attached hydrogens (tertiary/aromatic N) is 3. The summed E-state index contributed by atoms with van der Waals surface area (Å²) in [6, 6.07) is 6.78. The van der Waals surface area contributed by atoms with Gasteiger partial charge in [0.1, 0.15) is 17.8 Å². The van der Waals surface area contributed by atoms with E-state index in [2.05, 4.69) is 22.2 Å². The van der Waals surface area contributed by atoms with E-state index in [1.807, 2.05) is 0 Å². The normalized spacial score (nSPS) is 10.8. The molecule has 0 saturated carbocycles. The highest BCUT2D eigenvalue weighted by Gasteiger charge is 2.24. The Labute approximate surface area is 210 Å². The van der Waals surface area contributed by atoms with Gasteiger partial charge in [-0.25, -0.2) is 4.98 Å². The van der Waals surface area contributed by atoms with Gasteiger partial charge in [-0.3, -0.25) is 10.1 Å². The fourth-order valence-electron chi connectivity index (χ4n) is 4.01. The third kappa shape index (κ3) is 11.4. The van der Waals surface area contributed by atoms with Gasteiger partial charge in [-0.05, 0) is 30.7 Å². The minimum Gasteiger partial charge on any atom is -0.497 e. The minimum absolute atomic E-state index is 0.0846. The zero-order chi connectivity index (χ0) is 25.1. The number of nitrogens with one attached hydrogen (secondary N) is 1. The van der Waals surface area contributed by atoms with Gasteiger partial charge in [0.2, 0.25) is 5.82 Å². The van der Waals surface area contributed by atoms with Crippen molar-refractivity contribution in [2.24, 2.45) is 0 Å². The Morgan fingerprint density at radius 1 is 0.800 bits per heavy atom. The lowest BCUT2D eigenvalue weighted by Gasteiger charge is -2.10. The quantitative estimate of drug-likeness (QED) is 0.115. The number of ether oxygens (including phenoxy) is 2. The summed E-state index contributed by atoms with van der Waals surface area (Å²) in [6.07, 6.45) is 19.4. The van der Waals surface area contributed by atoms with Gasteiger partial charge in [-0.15, -0.1) is 0 Å². The van der Waals surface area contributed by atoms with Gasteiger partial charge in [-0.1, -0.05) is 90.4 Å². The van der Waals surface area contributed by atoms with Gasteiger partial charge in [0.05, 0.1) is 12.0 Å². The molecule has 0 aliphatic heterocycles. The summed E-state index contributed by atoms with van der Waals surface area (Å²) in [6.45, 7) is 2.88. The lowest BCUT2D eigenvalue weighted by Crippen LogP contribution is -2.08. The van der Waals surface area contributed by atoms with Gasteiger partial charge in [0, 0.05) is 6.54 Å². The van der Waals surface area contributed by atoms with Crippen LogP contribution in [0.3, 0.4) is 0 Å². The van der Waals surface area contributed by atoms with E-state index < -0.39 is 4.92 Å². The number of unbranched alkanes of at least 4 members (excludes halogenated alkanes) is 13. The molecule has 0 saturated heterocycles. The lowest BCUT2D eigenvalue weighted by atomic mass is 10.0. The van der Waals surface area contributed by atoms with E-state index >= 15 is 0 Å². The summed E-state index contributed by atoms with van der Waals surface area (Å²) < 4.78 is 10.8. The van der Waals surface area contributed by atoms with Crippen LogP contribution in [0.25, 0.3) is 0 Å². The maximum absolute atomic E-state index is 11.7. The molecule has 0 bridgehead atoms. The Morgan fingerprint density at radius 2 is 1.31 bits per heavy atom. The number of hydrogen-bond acceptors (Lipinski definition) is 7. The van der Waals surface area contributed by atoms with E-state index in [9.17, 15) is 10.1 Å². The van der Waals surface area contributed by atoms with Crippen molar-refractivity contribution < 1.29 is 14.4 Å². The zero-order valence-electron chi connectivity index (χ0n) is 21.5. The molecule has 1 aromatic carbocycles. The molecule has 194 valence electrons. The summed E-state index contributed by atoms with van der Waals surface area (Å²) in [4.78, 5) is 19.2. The van der Waals surface area contributed by atoms with Gasteiger partial charge < -0.3 is 14.8 Å². The van der Waals surface area contributed by atoms with Crippen LogP contribution in [-0.4, -0.2) is 28.5 Å². The van der Waals surface area contributed by atoms with Gasteiger partial charge in [-0.2, -0.15) is 4.98 Å². The highest BCUT2D eigenvalue weighted by atomic mass is 16.6. The zero-order valence-corrected chi connectivity index (χ0v) is 21.5. The molecule has 0 radical (unpaired) electrons. The molecule has 8 nitrogen and oxygen atoms in total. The fraction of sp³-hybridized carbons (Fsp3) is 0.630.